The summed E-state index contributed by atoms with van der Waals surface area (Å²) >= 11 is 0. The average Bonchev–Trinajstić information content (AvgIpc) is 2.82. The van der Waals surface area contributed by atoms with Gasteiger partial charge in [-0.2, -0.15) is 0 Å². The zero-order valence-electron chi connectivity index (χ0n) is 9.26. The average molecular weight is 224 g/mol. The predicted octanol–water partition coefficient (Wildman–Crippen LogP) is 1.60. The molecule has 0 bridgehead atoms. The molecule has 0 heterocycles. The molecule has 0 aromatic rings. The van der Waals surface area contributed by atoms with Gasteiger partial charge in [-0.1, -0.05) is 6.08 Å². The highest BCUT2D eigenvalue weighted by atomic mass is 16.5. The first kappa shape index (κ1) is 11.2. The molecule has 0 unspecified atom stereocenters. The summed E-state index contributed by atoms with van der Waals surface area (Å²) in [6.45, 7) is 1.40. The van der Waals surface area contributed by atoms with Gasteiger partial charge in [-0.25, -0.2) is 0 Å². The molecule has 0 spiro atoms. The Labute approximate surface area is 94.3 Å². The van der Waals surface area contributed by atoms with E-state index in [0.29, 0.717) is 5.92 Å². The van der Waals surface area contributed by atoms with Crippen molar-refractivity contribution in [1.29, 1.82) is 0 Å². The van der Waals surface area contributed by atoms with E-state index in [9.17, 15) is 9.59 Å². The van der Waals surface area contributed by atoms with Crippen LogP contribution in [0.25, 0.3) is 0 Å². The van der Waals surface area contributed by atoms with Gasteiger partial charge in [-0.3, -0.25) is 9.59 Å². The molecule has 16 heavy (non-hydrogen) atoms. The summed E-state index contributed by atoms with van der Waals surface area (Å²) in [7, 11) is 0. The minimum absolute atomic E-state index is 0.173. The van der Waals surface area contributed by atoms with Crippen LogP contribution in [0.15, 0.2) is 12.2 Å². The van der Waals surface area contributed by atoms with Crippen LogP contribution in [0.2, 0.25) is 0 Å². The molecule has 0 saturated heterocycles. The maximum Gasteiger partial charge on any atom is 0.307 e. The molecule has 1 saturated carbocycles. The number of hydrogen-bond acceptors (Lipinski definition) is 3. The fourth-order valence-corrected chi connectivity index (χ4v) is 2.68. The molecule has 4 nitrogen and oxygen atoms in total. The fraction of sp³-hybridized carbons (Fsp3) is 0.667. The van der Waals surface area contributed by atoms with Gasteiger partial charge in [0.1, 0.15) is 6.10 Å². The van der Waals surface area contributed by atoms with Gasteiger partial charge in [0.05, 0.1) is 5.92 Å². The number of aliphatic carboxylic acids is 1. The van der Waals surface area contributed by atoms with E-state index in [1.807, 2.05) is 12.2 Å². The van der Waals surface area contributed by atoms with Crippen molar-refractivity contribution < 1.29 is 19.4 Å². The third kappa shape index (κ3) is 2.26. The quantitative estimate of drug-likeness (QED) is 0.571. The molecule has 2 aliphatic rings. The lowest BCUT2D eigenvalue weighted by Gasteiger charge is -2.14. The van der Waals surface area contributed by atoms with Crippen molar-refractivity contribution in [1.82, 2.24) is 0 Å². The second kappa shape index (κ2) is 4.28. The number of hydrogen-bond donors (Lipinski definition) is 1. The number of ether oxygens (including phenoxy) is 1. The Morgan fingerprint density at radius 2 is 2.06 bits per heavy atom. The standard InChI is InChI=1S/C12H16O4/c1-7(13)16-8-3-2-4-9-10(6-5-8)11(9)12(14)15/h2-3,8-11H,4-6H2,1H3,(H,14,15)/b3-2+/t8-,9-,10+,11+/m0/s1. The van der Waals surface area contributed by atoms with Crippen LogP contribution >= 0.6 is 0 Å². The van der Waals surface area contributed by atoms with E-state index in [0.717, 1.165) is 19.3 Å². The van der Waals surface area contributed by atoms with E-state index in [1.54, 1.807) is 0 Å². The molecule has 1 fully saturated rings. The van der Waals surface area contributed by atoms with Crippen LogP contribution < -0.4 is 0 Å². The van der Waals surface area contributed by atoms with Crippen LogP contribution in [0.5, 0.6) is 0 Å². The summed E-state index contributed by atoms with van der Waals surface area (Å²) in [4.78, 5) is 21.7. The van der Waals surface area contributed by atoms with Crippen molar-refractivity contribution >= 4 is 11.9 Å². The Kier molecular flexibility index (Phi) is 2.99. The Bertz CT molecular complexity index is 334. The number of esters is 1. The van der Waals surface area contributed by atoms with Gasteiger partial charge in [0.2, 0.25) is 0 Å². The van der Waals surface area contributed by atoms with Gasteiger partial charge in [0, 0.05) is 6.92 Å². The van der Waals surface area contributed by atoms with Crippen molar-refractivity contribution in [2.45, 2.75) is 32.3 Å². The minimum atomic E-state index is -0.686. The first-order chi connectivity index (χ1) is 7.59. The van der Waals surface area contributed by atoms with Crippen molar-refractivity contribution in [2.24, 2.45) is 17.8 Å². The van der Waals surface area contributed by atoms with Gasteiger partial charge in [-0.15, -0.1) is 0 Å². The molecule has 4 atom stereocenters. The molecule has 2 aliphatic carbocycles. The van der Waals surface area contributed by atoms with Crippen LogP contribution in [0.3, 0.4) is 0 Å². The van der Waals surface area contributed by atoms with E-state index in [1.165, 1.54) is 6.92 Å². The Morgan fingerprint density at radius 1 is 1.31 bits per heavy atom. The maximum absolute atomic E-state index is 10.9. The highest BCUT2D eigenvalue weighted by molar-refractivity contribution is 5.74. The maximum atomic E-state index is 10.9. The Hall–Kier alpha value is -1.32. The third-order valence-electron chi connectivity index (χ3n) is 3.48. The van der Waals surface area contributed by atoms with Crippen LogP contribution in [-0.2, 0) is 14.3 Å². The molecule has 0 aromatic carbocycles. The monoisotopic (exact) mass is 224 g/mol. The van der Waals surface area contributed by atoms with Crippen molar-refractivity contribution in [2.75, 3.05) is 0 Å². The zero-order chi connectivity index (χ0) is 11.7. The van der Waals surface area contributed by atoms with Crippen LogP contribution in [-0.4, -0.2) is 23.1 Å². The molecule has 0 aliphatic heterocycles. The lowest BCUT2D eigenvalue weighted by atomic mass is 10.0. The predicted molar refractivity (Wildman–Crippen MR) is 56.7 cm³/mol. The lowest BCUT2D eigenvalue weighted by molar-refractivity contribution is -0.144. The first-order valence-corrected chi connectivity index (χ1v) is 5.66. The highest BCUT2D eigenvalue weighted by Gasteiger charge is 2.53. The van der Waals surface area contributed by atoms with Gasteiger partial charge in [0.15, 0.2) is 0 Å². The van der Waals surface area contributed by atoms with E-state index in [4.69, 9.17) is 9.84 Å². The third-order valence-corrected chi connectivity index (χ3v) is 3.48. The number of carbonyl (C=O) groups is 2. The Morgan fingerprint density at radius 3 is 2.69 bits per heavy atom. The molecule has 2 rings (SSSR count). The van der Waals surface area contributed by atoms with Gasteiger partial charge in [-0.05, 0) is 37.2 Å². The highest BCUT2D eigenvalue weighted by Crippen LogP contribution is 2.52. The van der Waals surface area contributed by atoms with Crippen molar-refractivity contribution in [3.8, 4) is 0 Å². The molecule has 1 N–H and O–H groups in total. The number of carbonyl (C=O) groups excluding carboxylic acids is 1. The summed E-state index contributed by atoms with van der Waals surface area (Å²) < 4.78 is 5.12. The van der Waals surface area contributed by atoms with E-state index in [2.05, 4.69) is 0 Å². The van der Waals surface area contributed by atoms with Gasteiger partial charge < -0.3 is 9.84 Å². The summed E-state index contributed by atoms with van der Waals surface area (Å²) in [5.41, 5.74) is 0. The number of allylic oxidation sites excluding steroid dienone is 1. The number of rotatable bonds is 2. The number of carboxylic acids is 1. The smallest absolute Gasteiger partial charge is 0.307 e. The fourth-order valence-electron chi connectivity index (χ4n) is 2.68. The summed E-state index contributed by atoms with van der Waals surface area (Å²) in [5, 5.41) is 8.97. The molecule has 88 valence electrons. The number of carboxylic acid groups (broad SMARTS) is 1. The summed E-state index contributed by atoms with van der Waals surface area (Å²) in [6.07, 6.45) is 6.03. The largest absolute Gasteiger partial charge is 0.481 e. The second-order valence-corrected chi connectivity index (χ2v) is 4.58. The first-order valence-electron chi connectivity index (χ1n) is 5.66. The van der Waals surface area contributed by atoms with E-state index < -0.39 is 5.97 Å². The van der Waals surface area contributed by atoms with Crippen molar-refractivity contribution in [3.05, 3.63) is 12.2 Å². The van der Waals surface area contributed by atoms with Crippen molar-refractivity contribution in [3.63, 3.8) is 0 Å². The SMILES string of the molecule is CC(=O)O[C@H]1/C=C/C[C@H]2[C@@H](CC1)[C@@H]2C(=O)O. The number of fused-ring (bicyclic) bond motifs is 1. The summed E-state index contributed by atoms with van der Waals surface area (Å²) in [6, 6.07) is 0. The van der Waals surface area contributed by atoms with Gasteiger partial charge >= 0.3 is 11.9 Å². The van der Waals surface area contributed by atoms with Crippen LogP contribution in [0.4, 0.5) is 0 Å². The van der Waals surface area contributed by atoms with Crippen LogP contribution in [0.1, 0.15) is 26.2 Å². The molecule has 0 radical (unpaired) electrons. The van der Waals surface area contributed by atoms with E-state index >= 15 is 0 Å². The van der Waals surface area contributed by atoms with Gasteiger partial charge in [0.25, 0.3) is 0 Å². The second-order valence-electron chi connectivity index (χ2n) is 4.58. The Balaban J connectivity index is 1.93. The zero-order valence-corrected chi connectivity index (χ0v) is 9.26. The topological polar surface area (TPSA) is 63.6 Å². The minimum Gasteiger partial charge on any atom is -0.481 e. The molecule has 0 aromatic heterocycles. The molecular formula is C12H16O4. The normalized spacial score (nSPS) is 38.8. The lowest BCUT2D eigenvalue weighted by Crippen LogP contribution is -2.14. The van der Waals surface area contributed by atoms with Crippen LogP contribution in [0, 0.1) is 17.8 Å². The summed E-state index contributed by atoms with van der Waals surface area (Å²) in [5.74, 6) is -0.569. The molecule has 0 amide bonds. The van der Waals surface area contributed by atoms with E-state index in [-0.39, 0.29) is 23.9 Å². The molecule has 4 heteroatoms. The molecular weight excluding hydrogens is 208 g/mol.